The third-order valence-corrected chi connectivity index (χ3v) is 3.34. The molecule has 9 heteroatoms. The second-order valence-corrected chi connectivity index (χ2v) is 5.08. The summed E-state index contributed by atoms with van der Waals surface area (Å²) < 4.78 is 0. The number of carbonyl (C=O) groups is 2. The number of β-amino-alcohol motifs (C(OH)–C–C–N with tert-alkyl or cyclic N) is 1. The van der Waals surface area contributed by atoms with E-state index < -0.39 is 11.5 Å². The average molecular weight is 326 g/mol. The maximum atomic E-state index is 11.7. The summed E-state index contributed by atoms with van der Waals surface area (Å²) in [6.07, 6.45) is 5.20. The summed E-state index contributed by atoms with van der Waals surface area (Å²) in [5.41, 5.74) is -0.593. The van der Waals surface area contributed by atoms with E-state index in [1.165, 1.54) is 12.4 Å². The van der Waals surface area contributed by atoms with Crippen LogP contribution in [0.15, 0.2) is 17.2 Å². The minimum absolute atomic E-state index is 0.110. The molecule has 128 valence electrons. The van der Waals surface area contributed by atoms with Crippen LogP contribution in [0.1, 0.15) is 29.8 Å². The molecule has 1 aromatic rings. The third kappa shape index (κ3) is 7.02. The Kier molecular flexibility index (Phi) is 8.55. The lowest BCUT2D eigenvalue weighted by Crippen LogP contribution is -2.40. The molecule has 1 amide bonds. The van der Waals surface area contributed by atoms with Crippen LogP contribution in [0, 0.1) is 0 Å². The number of amides is 1. The van der Waals surface area contributed by atoms with Crippen LogP contribution in [0.2, 0.25) is 0 Å². The van der Waals surface area contributed by atoms with Crippen LogP contribution in [0.3, 0.4) is 0 Å². The summed E-state index contributed by atoms with van der Waals surface area (Å²) in [6.45, 7) is 2.76. The number of aromatic amines is 1. The Morgan fingerprint density at radius 2 is 2.30 bits per heavy atom. The number of nitrogens with one attached hydrogen (secondary N) is 2. The topological polar surface area (TPSA) is 136 Å². The molecule has 1 aromatic heterocycles. The number of aliphatic hydroxyl groups is 1. The molecule has 1 aliphatic rings. The van der Waals surface area contributed by atoms with E-state index in [-0.39, 0.29) is 18.3 Å². The number of carbonyl (C=O) groups excluding carboxylic acids is 1. The maximum absolute atomic E-state index is 11.7. The van der Waals surface area contributed by atoms with Crippen molar-refractivity contribution in [3.05, 3.63) is 28.4 Å². The molecule has 0 spiro atoms. The second-order valence-electron chi connectivity index (χ2n) is 5.08. The first-order valence-electron chi connectivity index (χ1n) is 7.38. The Morgan fingerprint density at radius 1 is 1.57 bits per heavy atom. The van der Waals surface area contributed by atoms with E-state index in [0.717, 1.165) is 32.4 Å². The normalized spacial score (nSPS) is 17.7. The molecule has 2 rings (SSSR count). The van der Waals surface area contributed by atoms with Crippen LogP contribution < -0.4 is 10.9 Å². The zero-order valence-electron chi connectivity index (χ0n) is 12.8. The van der Waals surface area contributed by atoms with E-state index in [1.54, 1.807) is 0 Å². The quantitative estimate of drug-likeness (QED) is 0.404. The summed E-state index contributed by atoms with van der Waals surface area (Å²) in [5, 5.41) is 19.1. The molecule has 4 N–H and O–H groups in total. The number of carboxylic acid groups (broad SMARTS) is 1. The van der Waals surface area contributed by atoms with Crippen molar-refractivity contribution >= 4 is 12.4 Å². The lowest BCUT2D eigenvalue weighted by molar-refractivity contribution is -0.122. The van der Waals surface area contributed by atoms with Gasteiger partial charge < -0.3 is 25.4 Å². The highest BCUT2D eigenvalue weighted by atomic mass is 16.3. The summed E-state index contributed by atoms with van der Waals surface area (Å²) in [6, 6.07) is 0. The van der Waals surface area contributed by atoms with Gasteiger partial charge in [-0.25, -0.2) is 4.98 Å². The van der Waals surface area contributed by atoms with Crippen molar-refractivity contribution < 1.29 is 19.8 Å². The molecule has 0 aliphatic carbocycles. The zero-order chi connectivity index (χ0) is 17.1. The van der Waals surface area contributed by atoms with Crippen molar-refractivity contribution in [2.24, 2.45) is 0 Å². The van der Waals surface area contributed by atoms with E-state index in [1.807, 2.05) is 0 Å². The molecule has 1 aliphatic heterocycles. The first kappa shape index (κ1) is 18.8. The van der Waals surface area contributed by atoms with Crippen LogP contribution in [0.4, 0.5) is 0 Å². The van der Waals surface area contributed by atoms with Gasteiger partial charge in [0.2, 0.25) is 0 Å². The molecule has 1 atom stereocenters. The fourth-order valence-electron chi connectivity index (χ4n) is 2.34. The number of aliphatic hydroxyl groups excluding tert-OH is 1. The number of H-pyrrole nitrogens is 1. The highest BCUT2D eigenvalue weighted by Crippen LogP contribution is 2.09. The summed E-state index contributed by atoms with van der Waals surface area (Å²) >= 11 is 0. The minimum Gasteiger partial charge on any atom is -0.483 e. The fraction of sp³-hybridized carbons (Fsp3) is 0.571. The number of rotatable bonds is 5. The molecule has 1 unspecified atom stereocenters. The maximum Gasteiger partial charge on any atom is 0.290 e. The molecule has 2 heterocycles. The number of aromatic nitrogens is 2. The standard InChI is InChI=1S/C13H20N4O3.CH2O2/c18-10-3-1-7-17(9-10)8-2-4-15-12(19)11-13(20)16-6-5-14-11;2-1-3/h5-6,10,18H,1-4,7-9H2,(H,15,19)(H,16,20);1H,(H,2,3). The third-order valence-electron chi connectivity index (χ3n) is 3.34. The predicted molar refractivity (Wildman–Crippen MR) is 82.2 cm³/mol. The minimum atomic E-state index is -0.482. The van der Waals surface area contributed by atoms with Gasteiger partial charge in [-0.05, 0) is 32.4 Å². The van der Waals surface area contributed by atoms with E-state index in [2.05, 4.69) is 20.2 Å². The Bertz CT molecular complexity index is 548. The van der Waals surface area contributed by atoms with Gasteiger partial charge in [-0.15, -0.1) is 0 Å². The fourth-order valence-corrected chi connectivity index (χ4v) is 2.34. The first-order chi connectivity index (χ1) is 11.1. The summed E-state index contributed by atoms with van der Waals surface area (Å²) in [7, 11) is 0. The van der Waals surface area contributed by atoms with Gasteiger partial charge in [0.25, 0.3) is 17.9 Å². The molecular weight excluding hydrogens is 304 g/mol. The van der Waals surface area contributed by atoms with Crippen molar-refractivity contribution in [1.82, 2.24) is 20.2 Å². The number of nitrogens with zero attached hydrogens (tertiary/aromatic N) is 2. The van der Waals surface area contributed by atoms with Crippen molar-refractivity contribution in [1.29, 1.82) is 0 Å². The summed E-state index contributed by atoms with van der Waals surface area (Å²) in [5.74, 6) is -0.453. The van der Waals surface area contributed by atoms with E-state index in [4.69, 9.17) is 9.90 Å². The van der Waals surface area contributed by atoms with Crippen LogP contribution in [0.5, 0.6) is 0 Å². The van der Waals surface area contributed by atoms with E-state index in [9.17, 15) is 14.7 Å². The lowest BCUT2D eigenvalue weighted by Gasteiger charge is -2.29. The number of hydrogen-bond donors (Lipinski definition) is 4. The lowest BCUT2D eigenvalue weighted by atomic mass is 10.1. The second kappa shape index (κ2) is 10.5. The molecular formula is C14H22N4O5. The predicted octanol–water partition coefficient (Wildman–Crippen LogP) is -0.953. The largest absolute Gasteiger partial charge is 0.483 e. The van der Waals surface area contributed by atoms with Crippen molar-refractivity contribution in [3.63, 3.8) is 0 Å². The first-order valence-corrected chi connectivity index (χ1v) is 7.38. The van der Waals surface area contributed by atoms with Crippen molar-refractivity contribution in [2.45, 2.75) is 25.4 Å². The van der Waals surface area contributed by atoms with E-state index in [0.29, 0.717) is 13.1 Å². The van der Waals surface area contributed by atoms with Gasteiger partial charge >= 0.3 is 0 Å². The molecule has 9 nitrogen and oxygen atoms in total. The van der Waals surface area contributed by atoms with Gasteiger partial charge in [0.05, 0.1) is 6.10 Å². The number of hydrogen-bond acceptors (Lipinski definition) is 6. The van der Waals surface area contributed by atoms with Crippen LogP contribution in [-0.4, -0.2) is 69.7 Å². The van der Waals surface area contributed by atoms with Gasteiger partial charge in [-0.1, -0.05) is 0 Å². The van der Waals surface area contributed by atoms with Crippen LogP contribution in [-0.2, 0) is 4.79 Å². The molecule has 0 bridgehead atoms. The highest BCUT2D eigenvalue weighted by molar-refractivity contribution is 5.91. The Hall–Kier alpha value is -2.26. The van der Waals surface area contributed by atoms with Gasteiger partial charge in [-0.3, -0.25) is 14.4 Å². The number of piperidine rings is 1. The van der Waals surface area contributed by atoms with Crippen LogP contribution in [0.25, 0.3) is 0 Å². The summed E-state index contributed by atoms with van der Waals surface area (Å²) in [4.78, 5) is 39.8. The molecule has 0 saturated carbocycles. The van der Waals surface area contributed by atoms with Gasteiger partial charge in [0.1, 0.15) is 0 Å². The molecule has 0 aromatic carbocycles. The highest BCUT2D eigenvalue weighted by Gasteiger charge is 2.17. The van der Waals surface area contributed by atoms with Gasteiger partial charge in [-0.2, -0.15) is 0 Å². The van der Waals surface area contributed by atoms with Crippen molar-refractivity contribution in [2.75, 3.05) is 26.2 Å². The number of likely N-dealkylation sites (tertiary alicyclic amines) is 1. The van der Waals surface area contributed by atoms with Gasteiger partial charge in [0, 0.05) is 25.5 Å². The molecule has 1 saturated heterocycles. The smallest absolute Gasteiger partial charge is 0.290 e. The Balaban J connectivity index is 0.000000816. The van der Waals surface area contributed by atoms with Crippen LogP contribution >= 0.6 is 0 Å². The van der Waals surface area contributed by atoms with Gasteiger partial charge in [0.15, 0.2) is 5.69 Å². The SMILES string of the molecule is O=C(NCCCN1CCCC(O)C1)c1ncc[nH]c1=O.O=CO. The molecule has 1 fully saturated rings. The Labute approximate surface area is 133 Å². The molecule has 0 radical (unpaired) electrons. The van der Waals surface area contributed by atoms with E-state index >= 15 is 0 Å². The average Bonchev–Trinajstić information content (AvgIpc) is 2.53. The Morgan fingerprint density at radius 3 is 2.96 bits per heavy atom. The zero-order valence-corrected chi connectivity index (χ0v) is 12.8. The monoisotopic (exact) mass is 326 g/mol. The van der Waals surface area contributed by atoms with Crippen molar-refractivity contribution in [3.8, 4) is 0 Å². The molecule has 23 heavy (non-hydrogen) atoms.